The van der Waals surface area contributed by atoms with Crippen LogP contribution in [0.3, 0.4) is 0 Å². The van der Waals surface area contributed by atoms with Crippen molar-refractivity contribution in [1.29, 1.82) is 0 Å². The summed E-state index contributed by atoms with van der Waals surface area (Å²) in [5.74, 6) is -52.1. The van der Waals surface area contributed by atoms with E-state index in [1.54, 1.807) is 0 Å². The van der Waals surface area contributed by atoms with Crippen LogP contribution in [0.25, 0.3) is 88.4 Å². The van der Waals surface area contributed by atoms with Gasteiger partial charge in [-0.1, -0.05) is 0 Å². The van der Waals surface area contributed by atoms with E-state index >= 15 is 35.1 Å². The van der Waals surface area contributed by atoms with Gasteiger partial charge in [0.15, 0.2) is 0 Å². The third-order valence-corrected chi connectivity index (χ3v) is 12.8. The van der Waals surface area contributed by atoms with Crippen LogP contribution < -0.4 is 0 Å². The Balaban J connectivity index is 1.60. The number of nitrogens with one attached hydrogen (secondary N) is 1. The van der Waals surface area contributed by atoms with Crippen LogP contribution in [0.2, 0.25) is 0 Å². The molecular formula is C44H9F20N3Se. The fraction of sp³-hybridized carbons (Fsp3) is 0. The molecule has 0 aliphatic carbocycles. The fourth-order valence-corrected chi connectivity index (χ4v) is 9.79. The minimum absolute atomic E-state index is 0.630. The molecule has 4 aromatic carbocycles. The van der Waals surface area contributed by atoms with Gasteiger partial charge in [0.05, 0.1) is 0 Å². The molecule has 0 amide bonds. The second-order valence-corrected chi connectivity index (χ2v) is 16.4. The van der Waals surface area contributed by atoms with Gasteiger partial charge in [-0.25, -0.2) is 0 Å². The van der Waals surface area contributed by atoms with Gasteiger partial charge in [-0.15, -0.1) is 0 Å². The zero-order valence-electron chi connectivity index (χ0n) is 32.0. The molecule has 0 saturated carbocycles. The first-order valence-electron chi connectivity index (χ1n) is 18.2. The van der Waals surface area contributed by atoms with E-state index in [1.165, 1.54) is 0 Å². The molecule has 2 aliphatic heterocycles. The Morgan fingerprint density at radius 2 is 0.456 bits per heavy atom. The summed E-state index contributed by atoms with van der Waals surface area (Å²) in [7, 11) is 0. The van der Waals surface area contributed by atoms with Crippen LogP contribution in [0.15, 0.2) is 24.3 Å². The van der Waals surface area contributed by atoms with E-state index in [0.29, 0.717) is 36.4 Å². The van der Waals surface area contributed by atoms with Crippen molar-refractivity contribution in [2.45, 2.75) is 0 Å². The summed E-state index contributed by atoms with van der Waals surface area (Å²) < 4.78 is 302. The van der Waals surface area contributed by atoms with Crippen LogP contribution in [0, 0.1) is 116 Å². The van der Waals surface area contributed by atoms with Crippen molar-refractivity contribution in [2.75, 3.05) is 0 Å². The van der Waals surface area contributed by atoms with Gasteiger partial charge in [-0.2, -0.15) is 0 Å². The third kappa shape index (κ3) is 6.58. The molecule has 68 heavy (non-hydrogen) atoms. The summed E-state index contributed by atoms with van der Waals surface area (Å²) in [6.07, 6.45) is 2.57. The van der Waals surface area contributed by atoms with Gasteiger partial charge in [-0.05, 0) is 0 Å². The number of hydrogen-bond donors (Lipinski definition) is 1. The first-order chi connectivity index (χ1) is 32.1. The Kier molecular flexibility index (Phi) is 11.0. The maximum absolute atomic E-state index is 15.8. The Labute approximate surface area is 368 Å². The average Bonchev–Trinajstić information content (AvgIpc) is 4.18. The topological polar surface area (TPSA) is 41.6 Å². The number of rotatable bonds is 4. The normalized spacial score (nSPS) is 12.3. The van der Waals surface area contributed by atoms with Gasteiger partial charge in [0.25, 0.3) is 0 Å². The molecule has 3 aromatic heterocycles. The molecule has 0 atom stereocenters. The second kappa shape index (κ2) is 16.2. The van der Waals surface area contributed by atoms with Crippen molar-refractivity contribution >= 4 is 58.4 Å². The van der Waals surface area contributed by atoms with Crippen molar-refractivity contribution in [3.8, 4) is 44.5 Å². The summed E-state index contributed by atoms with van der Waals surface area (Å²) in [4.78, 5) is 10.2. The minimum atomic E-state index is -2.71. The summed E-state index contributed by atoms with van der Waals surface area (Å²) >= 11 is -1.94. The molecule has 3 nitrogen and oxygen atoms in total. The molecule has 0 spiro atoms. The number of aromatic amines is 1. The fourth-order valence-electron chi connectivity index (χ4n) is 7.43. The summed E-state index contributed by atoms with van der Waals surface area (Å²) in [5.41, 5.74) is -17.8. The van der Waals surface area contributed by atoms with Gasteiger partial charge < -0.3 is 0 Å². The van der Waals surface area contributed by atoms with Crippen molar-refractivity contribution in [2.24, 2.45) is 0 Å². The van der Waals surface area contributed by atoms with Gasteiger partial charge in [0, 0.05) is 0 Å². The molecule has 0 radical (unpaired) electrons. The van der Waals surface area contributed by atoms with Crippen molar-refractivity contribution in [3.63, 3.8) is 0 Å². The van der Waals surface area contributed by atoms with E-state index < -0.39 is 218 Å². The summed E-state index contributed by atoms with van der Waals surface area (Å²) in [6.45, 7) is 0. The Hall–Kier alpha value is -7.20. The quantitative estimate of drug-likeness (QED) is 0.0826. The molecule has 2 aliphatic rings. The molecule has 0 saturated heterocycles. The third-order valence-electron chi connectivity index (χ3n) is 10.5. The summed E-state index contributed by atoms with van der Waals surface area (Å²) in [6, 6.07) is 2.82. The monoisotopic (exact) mass is 1040 g/mol. The first-order valence-corrected chi connectivity index (χ1v) is 19.9. The Morgan fingerprint density at radius 1 is 0.250 bits per heavy atom. The zero-order valence-corrected chi connectivity index (χ0v) is 33.7. The number of fused-ring (bicyclic) bond motifs is 8. The molecule has 9 rings (SSSR count). The first kappa shape index (κ1) is 45.9. The average molecular weight is 1040 g/mol. The van der Waals surface area contributed by atoms with Crippen molar-refractivity contribution < 1.29 is 87.8 Å². The molecule has 8 bridgehead atoms. The molecule has 0 unspecified atom stereocenters. The molecule has 7 aromatic rings. The molecule has 24 heteroatoms. The van der Waals surface area contributed by atoms with Gasteiger partial charge in [0.1, 0.15) is 0 Å². The van der Waals surface area contributed by atoms with Gasteiger partial charge in [0.2, 0.25) is 0 Å². The van der Waals surface area contributed by atoms with Gasteiger partial charge in [-0.3, -0.25) is 0 Å². The van der Waals surface area contributed by atoms with Gasteiger partial charge >= 0.3 is 369 Å². The van der Waals surface area contributed by atoms with Crippen LogP contribution in [0.1, 0.15) is 22.8 Å². The SMILES string of the molecule is Fc1c(F)c(F)c(-c2c3nc(c(-c4c(F)c(F)c(F)c(F)c4F)c4ccc([se]4)c(-c4c(F)c(F)c(F)c(F)c4F)c4nc(c(-c5c(F)c(F)c(F)c(F)c5F)c5ccc2[nH]5)C=C4)C=C3)c(F)c1F. The standard InChI is InChI=1S/C44H9F20N3Se/c45-25-21(26(46)34(54)41(61)33(25)53)17-9-1-2-10(65-9)18(22-27(47)35(55)42(62)36(56)28(22)48)12-4-6-14(67-12)20(24-31(51)39(59)44(64)40(60)32(24)52)16-8-7-15(68-16)19(13-5-3-11(17)66-13)23-29(49)37(57)43(63)38(58)30(23)50/h1-8,65H. The molecular weight excluding hydrogens is 1030 g/mol. The molecule has 5 heterocycles. The van der Waals surface area contributed by atoms with Crippen LogP contribution in [0.4, 0.5) is 87.8 Å². The van der Waals surface area contributed by atoms with E-state index in [9.17, 15) is 52.7 Å². The molecule has 0 fully saturated rings. The molecule has 1 N–H and O–H groups in total. The second-order valence-electron chi connectivity index (χ2n) is 14.2. The predicted molar refractivity (Wildman–Crippen MR) is 202 cm³/mol. The van der Waals surface area contributed by atoms with Crippen molar-refractivity contribution in [3.05, 3.63) is 163 Å². The summed E-state index contributed by atoms with van der Waals surface area (Å²) in [5, 5.41) is 0. The Morgan fingerprint density at radius 3 is 0.706 bits per heavy atom. The maximum atomic E-state index is 15.8. The number of hydrogen-bond acceptors (Lipinski definition) is 2. The van der Waals surface area contributed by atoms with E-state index in [4.69, 9.17) is 0 Å². The number of halogens is 20. The van der Waals surface area contributed by atoms with Crippen LogP contribution in [-0.2, 0) is 0 Å². The molecule has 346 valence electrons. The van der Waals surface area contributed by atoms with E-state index in [-0.39, 0.29) is 0 Å². The van der Waals surface area contributed by atoms with E-state index in [1.807, 2.05) is 0 Å². The van der Waals surface area contributed by atoms with E-state index in [2.05, 4.69) is 15.0 Å². The number of H-pyrrole nitrogens is 1. The number of nitrogens with zero attached hydrogens (tertiary/aromatic N) is 2. The van der Waals surface area contributed by atoms with Crippen LogP contribution in [0.5, 0.6) is 0 Å². The van der Waals surface area contributed by atoms with Crippen LogP contribution in [-0.4, -0.2) is 29.5 Å². The number of aromatic nitrogens is 3. The number of benzene rings is 4. The zero-order chi connectivity index (χ0) is 49.3. The van der Waals surface area contributed by atoms with Crippen LogP contribution >= 0.6 is 0 Å². The predicted octanol–water partition coefficient (Wildman–Crippen LogP) is 13.8. The van der Waals surface area contributed by atoms with E-state index in [0.717, 1.165) is 12.1 Å². The van der Waals surface area contributed by atoms with Crippen molar-refractivity contribution in [1.82, 2.24) is 15.0 Å². The Bertz CT molecular complexity index is 3120.